The summed E-state index contributed by atoms with van der Waals surface area (Å²) in [5.74, 6) is 1.13. The highest BCUT2D eigenvalue weighted by atomic mass is 16.1. The van der Waals surface area contributed by atoms with Crippen LogP contribution in [0.3, 0.4) is 0 Å². The summed E-state index contributed by atoms with van der Waals surface area (Å²) in [7, 11) is 1.89. The molecule has 0 aliphatic heterocycles. The largest absolute Gasteiger partial charge is 0.339 e. The highest BCUT2D eigenvalue weighted by molar-refractivity contribution is 4.96. The molecule has 0 atom stereocenters. The first-order chi connectivity index (χ1) is 5.11. The Morgan fingerprint density at radius 3 is 2.64 bits per heavy atom. The van der Waals surface area contributed by atoms with Gasteiger partial charge >= 0.3 is 0 Å². The molecule has 60 valence electrons. The standard InChI is InChI=1S/C8H12N2O/c1-6(2)8-9-7(11)4-5-10(8)3/h4-6H,1-3H3. The van der Waals surface area contributed by atoms with Crippen LogP contribution in [0.5, 0.6) is 0 Å². The van der Waals surface area contributed by atoms with Crippen molar-refractivity contribution in [2.75, 3.05) is 0 Å². The summed E-state index contributed by atoms with van der Waals surface area (Å²) >= 11 is 0. The van der Waals surface area contributed by atoms with Crippen LogP contribution in [0.25, 0.3) is 0 Å². The molecular weight excluding hydrogens is 140 g/mol. The molecule has 0 aliphatic carbocycles. The summed E-state index contributed by atoms with van der Waals surface area (Å²) in [5.41, 5.74) is -0.160. The van der Waals surface area contributed by atoms with Gasteiger partial charge in [-0.3, -0.25) is 4.79 Å². The molecule has 3 heteroatoms. The Kier molecular flexibility index (Phi) is 2.08. The van der Waals surface area contributed by atoms with Crippen molar-refractivity contribution >= 4 is 0 Å². The van der Waals surface area contributed by atoms with Gasteiger partial charge in [0.2, 0.25) is 0 Å². The second-order valence-electron chi connectivity index (χ2n) is 2.89. The molecule has 0 bridgehead atoms. The van der Waals surface area contributed by atoms with Gasteiger partial charge in [-0.1, -0.05) is 13.8 Å². The molecule has 1 aromatic rings. The molecule has 0 fully saturated rings. The number of aromatic nitrogens is 2. The molecule has 0 amide bonds. The van der Waals surface area contributed by atoms with Crippen molar-refractivity contribution in [2.24, 2.45) is 7.05 Å². The van der Waals surface area contributed by atoms with Crippen LogP contribution in [0, 0.1) is 0 Å². The van der Waals surface area contributed by atoms with Crippen molar-refractivity contribution in [3.8, 4) is 0 Å². The maximum absolute atomic E-state index is 10.8. The highest BCUT2D eigenvalue weighted by Gasteiger charge is 2.03. The molecule has 0 aliphatic rings. The van der Waals surface area contributed by atoms with Crippen LogP contribution in [-0.4, -0.2) is 9.55 Å². The fraction of sp³-hybridized carbons (Fsp3) is 0.500. The molecule has 1 heterocycles. The first kappa shape index (κ1) is 7.98. The van der Waals surface area contributed by atoms with Crippen molar-refractivity contribution < 1.29 is 0 Å². The van der Waals surface area contributed by atoms with E-state index in [9.17, 15) is 4.79 Å². The van der Waals surface area contributed by atoms with E-state index in [2.05, 4.69) is 4.98 Å². The zero-order valence-corrected chi connectivity index (χ0v) is 7.03. The van der Waals surface area contributed by atoms with E-state index in [1.165, 1.54) is 6.07 Å². The summed E-state index contributed by atoms with van der Waals surface area (Å²) in [6.07, 6.45) is 1.74. The van der Waals surface area contributed by atoms with Gasteiger partial charge in [0.15, 0.2) is 0 Å². The van der Waals surface area contributed by atoms with Gasteiger partial charge in [-0.05, 0) is 0 Å². The Balaban J connectivity index is 3.23. The first-order valence-electron chi connectivity index (χ1n) is 3.65. The van der Waals surface area contributed by atoms with E-state index >= 15 is 0 Å². The zero-order chi connectivity index (χ0) is 8.43. The fourth-order valence-electron chi connectivity index (χ4n) is 1.02. The van der Waals surface area contributed by atoms with Crippen molar-refractivity contribution in [1.82, 2.24) is 9.55 Å². The molecule has 0 saturated heterocycles. The molecule has 11 heavy (non-hydrogen) atoms. The lowest BCUT2D eigenvalue weighted by Crippen LogP contribution is -2.15. The number of hydrogen-bond donors (Lipinski definition) is 0. The third-order valence-corrected chi connectivity index (χ3v) is 1.54. The van der Waals surface area contributed by atoms with Gasteiger partial charge in [0.05, 0.1) is 0 Å². The fourth-order valence-corrected chi connectivity index (χ4v) is 1.02. The number of aryl methyl sites for hydroxylation is 1. The summed E-state index contributed by atoms with van der Waals surface area (Å²) in [6, 6.07) is 1.46. The predicted octanol–water partition coefficient (Wildman–Crippen LogP) is 0.904. The number of hydrogen-bond acceptors (Lipinski definition) is 2. The topological polar surface area (TPSA) is 34.9 Å². The molecule has 0 aromatic carbocycles. The molecule has 1 rings (SSSR count). The van der Waals surface area contributed by atoms with E-state index in [0.717, 1.165) is 5.82 Å². The van der Waals surface area contributed by atoms with Gasteiger partial charge in [-0.2, -0.15) is 4.98 Å². The summed E-state index contributed by atoms with van der Waals surface area (Å²) in [6.45, 7) is 4.03. The van der Waals surface area contributed by atoms with Crippen molar-refractivity contribution in [1.29, 1.82) is 0 Å². The van der Waals surface area contributed by atoms with Gasteiger partial charge in [-0.15, -0.1) is 0 Å². The van der Waals surface area contributed by atoms with Crippen molar-refractivity contribution in [3.05, 3.63) is 28.4 Å². The summed E-state index contributed by atoms with van der Waals surface area (Å²) in [5, 5.41) is 0. The van der Waals surface area contributed by atoms with Crippen LogP contribution in [0.4, 0.5) is 0 Å². The highest BCUT2D eigenvalue weighted by Crippen LogP contribution is 2.06. The smallest absolute Gasteiger partial charge is 0.272 e. The minimum atomic E-state index is -0.160. The Hall–Kier alpha value is -1.12. The summed E-state index contributed by atoms with van der Waals surface area (Å²) < 4.78 is 1.87. The zero-order valence-electron chi connectivity index (χ0n) is 7.03. The Labute approximate surface area is 65.7 Å². The average molecular weight is 152 g/mol. The van der Waals surface area contributed by atoms with Gasteiger partial charge in [0, 0.05) is 25.2 Å². The van der Waals surface area contributed by atoms with Gasteiger partial charge in [0.1, 0.15) is 5.82 Å². The third-order valence-electron chi connectivity index (χ3n) is 1.54. The molecule has 0 radical (unpaired) electrons. The molecule has 3 nitrogen and oxygen atoms in total. The third kappa shape index (κ3) is 1.67. The number of nitrogens with zero attached hydrogens (tertiary/aromatic N) is 2. The normalized spacial score (nSPS) is 10.5. The number of rotatable bonds is 1. The molecule has 0 saturated carbocycles. The maximum atomic E-state index is 10.8. The first-order valence-corrected chi connectivity index (χ1v) is 3.65. The SMILES string of the molecule is CC(C)c1nc(=O)ccn1C. The monoisotopic (exact) mass is 152 g/mol. The van der Waals surface area contributed by atoms with Crippen LogP contribution in [-0.2, 0) is 7.05 Å². The lowest BCUT2D eigenvalue weighted by Gasteiger charge is -2.08. The van der Waals surface area contributed by atoms with E-state index in [1.54, 1.807) is 6.20 Å². The Morgan fingerprint density at radius 1 is 1.55 bits per heavy atom. The van der Waals surface area contributed by atoms with E-state index in [4.69, 9.17) is 0 Å². The lowest BCUT2D eigenvalue weighted by molar-refractivity contribution is 0.675. The van der Waals surface area contributed by atoms with E-state index in [1.807, 2.05) is 25.5 Å². The van der Waals surface area contributed by atoms with Crippen LogP contribution in [0.2, 0.25) is 0 Å². The molecule has 0 unspecified atom stereocenters. The van der Waals surface area contributed by atoms with Gasteiger partial charge < -0.3 is 4.57 Å². The van der Waals surface area contributed by atoms with Gasteiger partial charge in [-0.25, -0.2) is 0 Å². The van der Waals surface area contributed by atoms with E-state index < -0.39 is 0 Å². The Bertz CT molecular complexity index is 301. The van der Waals surface area contributed by atoms with E-state index in [-0.39, 0.29) is 5.56 Å². The molecule has 0 N–H and O–H groups in total. The summed E-state index contributed by atoms with van der Waals surface area (Å²) in [4.78, 5) is 14.7. The van der Waals surface area contributed by atoms with Crippen molar-refractivity contribution in [2.45, 2.75) is 19.8 Å². The molecular formula is C8H12N2O. The second-order valence-corrected chi connectivity index (χ2v) is 2.89. The predicted molar refractivity (Wildman–Crippen MR) is 43.6 cm³/mol. The van der Waals surface area contributed by atoms with Crippen LogP contribution >= 0.6 is 0 Å². The average Bonchev–Trinajstić information content (AvgIpc) is 1.94. The van der Waals surface area contributed by atoms with Crippen LogP contribution < -0.4 is 5.56 Å². The minimum absolute atomic E-state index is 0.160. The Morgan fingerprint density at radius 2 is 2.18 bits per heavy atom. The van der Waals surface area contributed by atoms with Crippen LogP contribution in [0.1, 0.15) is 25.6 Å². The molecule has 1 aromatic heterocycles. The molecule has 0 spiro atoms. The van der Waals surface area contributed by atoms with Gasteiger partial charge in [0.25, 0.3) is 5.56 Å². The minimum Gasteiger partial charge on any atom is -0.339 e. The van der Waals surface area contributed by atoms with Crippen molar-refractivity contribution in [3.63, 3.8) is 0 Å². The lowest BCUT2D eigenvalue weighted by atomic mass is 10.2. The second kappa shape index (κ2) is 2.86. The maximum Gasteiger partial charge on any atom is 0.272 e. The quantitative estimate of drug-likeness (QED) is 0.599. The van der Waals surface area contributed by atoms with E-state index in [0.29, 0.717) is 5.92 Å². The van der Waals surface area contributed by atoms with Crippen LogP contribution in [0.15, 0.2) is 17.1 Å².